The van der Waals surface area contributed by atoms with Gasteiger partial charge in [-0.15, -0.1) is 0 Å². The lowest BCUT2D eigenvalue weighted by molar-refractivity contribution is 0.204. The topological polar surface area (TPSA) is 80.7 Å². The van der Waals surface area contributed by atoms with E-state index < -0.39 is 0 Å². The second-order valence-electron chi connectivity index (χ2n) is 5.40. The zero-order valence-electron chi connectivity index (χ0n) is 15.6. The number of hydrogen-bond donors (Lipinski definition) is 2. The zero-order chi connectivity index (χ0) is 19.5. The molecule has 0 aliphatic carbocycles. The van der Waals surface area contributed by atoms with E-state index in [1.807, 2.05) is 19.1 Å². The predicted octanol–water partition coefficient (Wildman–Crippen LogP) is 2.61. The Morgan fingerprint density at radius 3 is 2.74 bits per heavy atom. The van der Waals surface area contributed by atoms with Crippen LogP contribution in [-0.2, 0) is 10.5 Å². The number of methoxy groups -OCH3 is 2. The van der Waals surface area contributed by atoms with E-state index in [-0.39, 0.29) is 0 Å². The van der Waals surface area contributed by atoms with Crippen LogP contribution < -0.4 is 15.5 Å². The van der Waals surface area contributed by atoms with Crippen molar-refractivity contribution < 1.29 is 9.47 Å². The van der Waals surface area contributed by atoms with Crippen molar-refractivity contribution in [1.82, 2.24) is 20.7 Å². The number of nitrogens with zero attached hydrogens (tertiary/aromatic N) is 3. The summed E-state index contributed by atoms with van der Waals surface area (Å²) >= 11 is 6.73. The third-order valence-corrected chi connectivity index (χ3v) is 4.67. The minimum Gasteiger partial charge on any atom is -0.496 e. The molecule has 0 saturated carbocycles. The Kier molecular flexibility index (Phi) is 8.96. The first-order valence-electron chi connectivity index (χ1n) is 8.28. The van der Waals surface area contributed by atoms with Gasteiger partial charge < -0.3 is 14.8 Å². The summed E-state index contributed by atoms with van der Waals surface area (Å²) in [5.74, 6) is 1.51. The molecule has 1 aromatic carbocycles. The molecule has 0 aliphatic heterocycles. The molecule has 0 radical (unpaired) electrons. The fraction of sp³-hybridized carbons (Fsp3) is 0.333. The maximum absolute atomic E-state index is 5.47. The number of thiocarbonyl (C=S) groups is 1. The number of hydrogen-bond acceptors (Lipinski definition) is 7. The Morgan fingerprint density at radius 1 is 1.26 bits per heavy atom. The first-order chi connectivity index (χ1) is 13.1. The molecule has 144 valence electrons. The Labute approximate surface area is 169 Å². The van der Waals surface area contributed by atoms with Crippen molar-refractivity contribution in [3.8, 4) is 5.75 Å². The van der Waals surface area contributed by atoms with E-state index in [0.717, 1.165) is 27.7 Å². The summed E-state index contributed by atoms with van der Waals surface area (Å²) in [6, 6.07) is 7.75. The molecule has 2 aromatic rings. The van der Waals surface area contributed by atoms with Crippen molar-refractivity contribution in [2.75, 3.05) is 27.4 Å². The lowest BCUT2D eigenvalue weighted by Crippen LogP contribution is -2.34. The minimum absolute atomic E-state index is 0.455. The van der Waals surface area contributed by atoms with E-state index in [4.69, 9.17) is 21.7 Å². The van der Waals surface area contributed by atoms with E-state index in [1.54, 1.807) is 44.4 Å². The Bertz CT molecular complexity index is 772. The zero-order valence-corrected chi connectivity index (χ0v) is 17.2. The van der Waals surface area contributed by atoms with Gasteiger partial charge in [-0.2, -0.15) is 5.10 Å². The number of benzene rings is 1. The minimum atomic E-state index is 0.455. The SMILES string of the molecule is COCCNC(=S)N/N=C(/C)c1ccc(OC)c(CSc2ncccn2)c1. The van der Waals surface area contributed by atoms with Crippen LogP contribution in [0.5, 0.6) is 5.75 Å². The van der Waals surface area contributed by atoms with Crippen molar-refractivity contribution in [3.63, 3.8) is 0 Å². The van der Waals surface area contributed by atoms with E-state index in [0.29, 0.717) is 24.0 Å². The molecule has 9 heteroatoms. The highest BCUT2D eigenvalue weighted by atomic mass is 32.2. The summed E-state index contributed by atoms with van der Waals surface area (Å²) in [6.45, 7) is 3.13. The number of ether oxygens (including phenoxy) is 2. The van der Waals surface area contributed by atoms with Gasteiger partial charge in [0.05, 0.1) is 19.4 Å². The second-order valence-corrected chi connectivity index (χ2v) is 6.76. The summed E-state index contributed by atoms with van der Waals surface area (Å²) < 4.78 is 10.4. The molecule has 0 aliphatic rings. The Morgan fingerprint density at radius 2 is 2.04 bits per heavy atom. The van der Waals surface area contributed by atoms with Crippen LogP contribution in [0, 0.1) is 0 Å². The van der Waals surface area contributed by atoms with E-state index in [9.17, 15) is 0 Å². The highest BCUT2D eigenvalue weighted by Gasteiger charge is 2.08. The van der Waals surface area contributed by atoms with Gasteiger partial charge in [-0.25, -0.2) is 9.97 Å². The molecule has 0 saturated heterocycles. The maximum atomic E-state index is 5.47. The van der Waals surface area contributed by atoms with Crippen molar-refractivity contribution in [2.24, 2.45) is 5.10 Å². The molecule has 1 heterocycles. The van der Waals surface area contributed by atoms with Crippen molar-refractivity contribution in [3.05, 3.63) is 47.8 Å². The van der Waals surface area contributed by atoms with Gasteiger partial charge in [0.2, 0.25) is 0 Å². The summed E-state index contributed by atoms with van der Waals surface area (Å²) in [4.78, 5) is 8.47. The van der Waals surface area contributed by atoms with Gasteiger partial charge in [0, 0.05) is 37.4 Å². The van der Waals surface area contributed by atoms with Crippen molar-refractivity contribution >= 4 is 34.8 Å². The number of rotatable bonds is 9. The Hall–Kier alpha value is -2.23. The third-order valence-electron chi connectivity index (χ3n) is 3.51. The van der Waals surface area contributed by atoms with Gasteiger partial charge in [-0.3, -0.25) is 5.43 Å². The molecule has 2 rings (SSSR count). The van der Waals surface area contributed by atoms with Crippen LogP contribution in [0.1, 0.15) is 18.1 Å². The molecule has 7 nitrogen and oxygen atoms in total. The van der Waals surface area contributed by atoms with Gasteiger partial charge in [0.1, 0.15) is 5.75 Å². The summed E-state index contributed by atoms with van der Waals surface area (Å²) in [5.41, 5.74) is 5.68. The van der Waals surface area contributed by atoms with Gasteiger partial charge in [-0.05, 0) is 49.0 Å². The van der Waals surface area contributed by atoms with E-state index >= 15 is 0 Å². The first kappa shape index (κ1) is 21.1. The predicted molar refractivity (Wildman–Crippen MR) is 112 cm³/mol. The second kappa shape index (κ2) is 11.5. The van der Waals surface area contributed by atoms with Crippen LogP contribution in [0.15, 0.2) is 46.9 Å². The highest BCUT2D eigenvalue weighted by Crippen LogP contribution is 2.27. The monoisotopic (exact) mass is 405 g/mol. The number of nitrogens with one attached hydrogen (secondary N) is 2. The normalized spacial score (nSPS) is 11.1. The molecule has 0 spiro atoms. The molecule has 0 bridgehead atoms. The van der Waals surface area contributed by atoms with E-state index in [2.05, 4.69) is 31.9 Å². The summed E-state index contributed by atoms with van der Waals surface area (Å²) in [6.07, 6.45) is 3.46. The van der Waals surface area contributed by atoms with Crippen LogP contribution >= 0.6 is 24.0 Å². The van der Waals surface area contributed by atoms with Crippen LogP contribution in [0.2, 0.25) is 0 Å². The van der Waals surface area contributed by atoms with Gasteiger partial charge in [-0.1, -0.05) is 11.8 Å². The molecule has 0 atom stereocenters. The molecular weight excluding hydrogens is 382 g/mol. The molecule has 0 unspecified atom stereocenters. The van der Waals surface area contributed by atoms with Crippen LogP contribution in [0.4, 0.5) is 0 Å². The van der Waals surface area contributed by atoms with Crippen LogP contribution in [-0.4, -0.2) is 48.2 Å². The third kappa shape index (κ3) is 7.12. The average Bonchev–Trinajstić information content (AvgIpc) is 2.71. The number of thioether (sulfide) groups is 1. The number of hydrazone groups is 1. The smallest absolute Gasteiger partial charge is 0.187 e. The number of aromatic nitrogens is 2. The average molecular weight is 406 g/mol. The molecular formula is C18H23N5O2S2. The lowest BCUT2D eigenvalue weighted by Gasteiger charge is -2.11. The molecule has 2 N–H and O–H groups in total. The maximum Gasteiger partial charge on any atom is 0.187 e. The van der Waals surface area contributed by atoms with Crippen molar-refractivity contribution in [2.45, 2.75) is 17.8 Å². The quantitative estimate of drug-likeness (QED) is 0.165. The highest BCUT2D eigenvalue weighted by molar-refractivity contribution is 7.98. The Balaban J connectivity index is 2.03. The van der Waals surface area contributed by atoms with Crippen LogP contribution in [0.25, 0.3) is 0 Å². The fourth-order valence-corrected chi connectivity index (χ4v) is 3.05. The van der Waals surface area contributed by atoms with Crippen molar-refractivity contribution in [1.29, 1.82) is 0 Å². The molecule has 0 fully saturated rings. The largest absolute Gasteiger partial charge is 0.496 e. The first-order valence-corrected chi connectivity index (χ1v) is 9.67. The van der Waals surface area contributed by atoms with E-state index in [1.165, 1.54) is 0 Å². The molecule has 27 heavy (non-hydrogen) atoms. The lowest BCUT2D eigenvalue weighted by atomic mass is 10.1. The summed E-state index contributed by atoms with van der Waals surface area (Å²) in [5, 5.41) is 8.53. The van der Waals surface area contributed by atoms with Gasteiger partial charge in [0.15, 0.2) is 10.3 Å². The molecule has 0 amide bonds. The van der Waals surface area contributed by atoms with Gasteiger partial charge in [0.25, 0.3) is 0 Å². The molecule has 1 aromatic heterocycles. The van der Waals surface area contributed by atoms with Gasteiger partial charge >= 0.3 is 0 Å². The standard InChI is InChI=1S/C18H23N5O2S2/c1-13(22-23-17(26)19-9-10-24-2)14-5-6-16(25-3)15(11-14)12-27-18-20-7-4-8-21-18/h4-8,11H,9-10,12H2,1-3H3,(H2,19,23,26)/b22-13-. The fourth-order valence-electron chi connectivity index (χ4n) is 2.12. The summed E-state index contributed by atoms with van der Waals surface area (Å²) in [7, 11) is 3.30. The van der Waals surface area contributed by atoms with Crippen LogP contribution in [0.3, 0.4) is 0 Å².